The Balaban J connectivity index is 1.31. The highest BCUT2D eigenvalue weighted by molar-refractivity contribution is 7.13. The number of H-pyrrole nitrogens is 1. The number of likely N-dealkylation sites (tertiary alicyclic amines) is 1. The second-order valence-electron chi connectivity index (χ2n) is 7.21. The van der Waals surface area contributed by atoms with Gasteiger partial charge in [0.2, 0.25) is 0 Å². The molecule has 0 radical (unpaired) electrons. The summed E-state index contributed by atoms with van der Waals surface area (Å²) < 4.78 is 0. The van der Waals surface area contributed by atoms with Gasteiger partial charge in [0.1, 0.15) is 4.88 Å². The number of hydrogen-bond acceptors (Lipinski definition) is 5. The maximum atomic E-state index is 12.8. The lowest BCUT2D eigenvalue weighted by Gasteiger charge is -2.31. The van der Waals surface area contributed by atoms with Crippen LogP contribution in [0.2, 0.25) is 0 Å². The molecule has 0 spiro atoms. The lowest BCUT2D eigenvalue weighted by atomic mass is 9.96. The number of hydrogen-bond donors (Lipinski definition) is 2. The van der Waals surface area contributed by atoms with Gasteiger partial charge in [-0.1, -0.05) is 18.2 Å². The number of nitrogens with zero attached hydrogens (tertiary/aromatic N) is 3. The van der Waals surface area contributed by atoms with Crippen molar-refractivity contribution in [2.45, 2.75) is 26.7 Å². The van der Waals surface area contributed by atoms with E-state index < -0.39 is 0 Å². The lowest BCUT2D eigenvalue weighted by molar-refractivity contribution is 0.0680. The van der Waals surface area contributed by atoms with Crippen LogP contribution in [0.5, 0.6) is 0 Å². The fourth-order valence-electron chi connectivity index (χ4n) is 3.68. The molecule has 1 fully saturated rings. The summed E-state index contributed by atoms with van der Waals surface area (Å²) in [5.74, 6) is 0.290. The monoisotopic (exact) mass is 397 g/mol. The maximum absolute atomic E-state index is 12.8. The Labute approximate surface area is 167 Å². The predicted octanol–water partition coefficient (Wildman–Crippen LogP) is 2.92. The topological polar surface area (TPSA) is 91.0 Å². The second-order valence-corrected chi connectivity index (χ2v) is 8.41. The van der Waals surface area contributed by atoms with Crippen molar-refractivity contribution in [3.8, 4) is 0 Å². The van der Waals surface area contributed by atoms with Crippen LogP contribution < -0.4 is 5.32 Å². The summed E-state index contributed by atoms with van der Waals surface area (Å²) in [6.07, 6.45) is 1.74. The number of piperidine rings is 1. The van der Waals surface area contributed by atoms with E-state index in [-0.39, 0.29) is 11.8 Å². The minimum atomic E-state index is -0.0513. The molecule has 2 aromatic heterocycles. The van der Waals surface area contributed by atoms with Crippen molar-refractivity contribution in [3.05, 3.63) is 45.5 Å². The van der Waals surface area contributed by atoms with Crippen LogP contribution in [0.3, 0.4) is 0 Å². The molecule has 2 amide bonds. The summed E-state index contributed by atoms with van der Waals surface area (Å²) in [4.78, 5) is 32.1. The molecule has 2 N–H and O–H groups in total. The molecule has 4 rings (SSSR count). The smallest absolute Gasteiger partial charge is 0.274 e. The van der Waals surface area contributed by atoms with Crippen LogP contribution in [0.1, 0.15) is 43.7 Å². The predicted molar refractivity (Wildman–Crippen MR) is 109 cm³/mol. The number of rotatable bonds is 4. The van der Waals surface area contributed by atoms with E-state index in [1.54, 1.807) is 0 Å². The van der Waals surface area contributed by atoms with Crippen molar-refractivity contribution in [2.24, 2.45) is 5.92 Å². The zero-order valence-electron chi connectivity index (χ0n) is 16.0. The quantitative estimate of drug-likeness (QED) is 0.708. The summed E-state index contributed by atoms with van der Waals surface area (Å²) in [6.45, 7) is 5.76. The molecule has 0 unspecified atom stereocenters. The lowest BCUT2D eigenvalue weighted by Crippen LogP contribution is -2.41. The Kier molecular flexibility index (Phi) is 5.13. The van der Waals surface area contributed by atoms with E-state index in [0.717, 1.165) is 34.4 Å². The maximum Gasteiger partial charge on any atom is 0.274 e. The number of carbonyl (C=O) groups is 2. The number of thiazole rings is 1. The molecule has 0 bridgehead atoms. The van der Waals surface area contributed by atoms with Gasteiger partial charge >= 0.3 is 0 Å². The van der Waals surface area contributed by atoms with E-state index in [4.69, 9.17) is 0 Å². The molecule has 3 heterocycles. The van der Waals surface area contributed by atoms with Crippen LogP contribution in [0.25, 0.3) is 10.9 Å². The number of aryl methyl sites for hydroxylation is 2. The van der Waals surface area contributed by atoms with Gasteiger partial charge in [-0.2, -0.15) is 5.10 Å². The minimum Gasteiger partial charge on any atom is -0.351 e. The van der Waals surface area contributed by atoms with Gasteiger partial charge < -0.3 is 10.2 Å². The number of nitrogens with one attached hydrogen (secondary N) is 2. The number of benzene rings is 1. The molecule has 28 heavy (non-hydrogen) atoms. The Morgan fingerprint density at radius 2 is 2.00 bits per heavy atom. The molecule has 3 aromatic rings. The average Bonchev–Trinajstić information content (AvgIpc) is 3.28. The van der Waals surface area contributed by atoms with Gasteiger partial charge in [-0.05, 0) is 38.7 Å². The minimum absolute atomic E-state index is 0.0318. The first-order chi connectivity index (χ1) is 13.5. The summed E-state index contributed by atoms with van der Waals surface area (Å²) in [6, 6.07) is 7.66. The average molecular weight is 398 g/mol. The number of amides is 2. The largest absolute Gasteiger partial charge is 0.351 e. The Morgan fingerprint density at radius 3 is 2.71 bits per heavy atom. The Morgan fingerprint density at radius 1 is 1.25 bits per heavy atom. The Hall–Kier alpha value is -2.74. The summed E-state index contributed by atoms with van der Waals surface area (Å²) in [7, 11) is 0. The van der Waals surface area contributed by atoms with Crippen LogP contribution in [0.15, 0.2) is 24.3 Å². The fraction of sp³-hybridized carbons (Fsp3) is 0.400. The van der Waals surface area contributed by atoms with Gasteiger partial charge in [0, 0.05) is 25.0 Å². The first-order valence-electron chi connectivity index (χ1n) is 9.47. The molecule has 146 valence electrons. The van der Waals surface area contributed by atoms with E-state index in [0.29, 0.717) is 36.1 Å². The van der Waals surface area contributed by atoms with E-state index in [2.05, 4.69) is 20.5 Å². The SMILES string of the molecule is Cc1nc(C)c(C(=O)NCC2CCN(C(=O)c3n[nH]c4ccccc34)CC2)s1. The van der Waals surface area contributed by atoms with E-state index in [1.165, 1.54) is 11.3 Å². The van der Waals surface area contributed by atoms with E-state index >= 15 is 0 Å². The highest BCUT2D eigenvalue weighted by atomic mass is 32.1. The van der Waals surface area contributed by atoms with Crippen molar-refractivity contribution < 1.29 is 9.59 Å². The molecule has 0 saturated carbocycles. The van der Waals surface area contributed by atoms with Gasteiger partial charge in [-0.25, -0.2) is 4.98 Å². The van der Waals surface area contributed by atoms with Gasteiger partial charge in [-0.3, -0.25) is 14.7 Å². The number of fused-ring (bicyclic) bond motifs is 1. The van der Waals surface area contributed by atoms with Gasteiger partial charge in [0.05, 0.1) is 16.2 Å². The van der Waals surface area contributed by atoms with E-state index in [1.807, 2.05) is 43.0 Å². The highest BCUT2D eigenvalue weighted by Crippen LogP contribution is 2.22. The van der Waals surface area contributed by atoms with Gasteiger partial charge in [-0.15, -0.1) is 11.3 Å². The third-order valence-corrected chi connectivity index (χ3v) is 6.31. The Bertz CT molecular complexity index is 1020. The third kappa shape index (κ3) is 3.64. The molecular weight excluding hydrogens is 374 g/mol. The molecular formula is C20H23N5O2S. The van der Waals surface area contributed by atoms with E-state index in [9.17, 15) is 9.59 Å². The van der Waals surface area contributed by atoms with Crippen LogP contribution in [-0.2, 0) is 0 Å². The molecule has 7 nitrogen and oxygen atoms in total. The molecule has 1 aliphatic rings. The van der Waals surface area contributed by atoms with Gasteiger partial charge in [0.15, 0.2) is 5.69 Å². The molecule has 0 aliphatic carbocycles. The van der Waals surface area contributed by atoms with Crippen molar-refractivity contribution >= 4 is 34.1 Å². The number of para-hydroxylation sites is 1. The first-order valence-corrected chi connectivity index (χ1v) is 10.3. The number of carbonyl (C=O) groups excluding carboxylic acids is 2. The van der Waals surface area contributed by atoms with Gasteiger partial charge in [0.25, 0.3) is 11.8 Å². The number of aromatic amines is 1. The van der Waals surface area contributed by atoms with Crippen molar-refractivity contribution in [2.75, 3.05) is 19.6 Å². The standard InChI is InChI=1S/C20H23N5O2S/c1-12-18(28-13(2)22-12)19(26)21-11-14-7-9-25(10-8-14)20(27)17-15-5-3-4-6-16(15)23-24-17/h3-6,14H,7-11H2,1-2H3,(H,21,26)(H,23,24). The fourth-order valence-corrected chi connectivity index (χ4v) is 4.51. The van der Waals surface area contributed by atoms with Crippen LogP contribution in [0, 0.1) is 19.8 Å². The third-order valence-electron chi connectivity index (χ3n) is 5.24. The van der Waals surface area contributed by atoms with Crippen LogP contribution >= 0.6 is 11.3 Å². The molecule has 1 aliphatic heterocycles. The van der Waals surface area contributed by atoms with Crippen LogP contribution in [-0.4, -0.2) is 51.5 Å². The molecule has 8 heteroatoms. The normalized spacial score (nSPS) is 15.1. The van der Waals surface area contributed by atoms with Crippen molar-refractivity contribution in [1.82, 2.24) is 25.4 Å². The molecule has 1 saturated heterocycles. The summed E-state index contributed by atoms with van der Waals surface area (Å²) in [5.41, 5.74) is 2.14. The summed E-state index contributed by atoms with van der Waals surface area (Å²) >= 11 is 1.43. The van der Waals surface area contributed by atoms with Crippen molar-refractivity contribution in [3.63, 3.8) is 0 Å². The zero-order valence-corrected chi connectivity index (χ0v) is 16.8. The molecule has 0 atom stereocenters. The highest BCUT2D eigenvalue weighted by Gasteiger charge is 2.26. The second kappa shape index (κ2) is 7.71. The molecule has 1 aromatic carbocycles. The first kappa shape index (κ1) is 18.6. The number of aromatic nitrogens is 3. The summed E-state index contributed by atoms with van der Waals surface area (Å²) in [5, 5.41) is 11.9. The van der Waals surface area contributed by atoms with Crippen LogP contribution in [0.4, 0.5) is 0 Å². The van der Waals surface area contributed by atoms with Crippen molar-refractivity contribution in [1.29, 1.82) is 0 Å². The zero-order chi connectivity index (χ0) is 19.7.